The third-order valence-electron chi connectivity index (χ3n) is 3.60. The van der Waals surface area contributed by atoms with Crippen LogP contribution in [0.2, 0.25) is 0 Å². The van der Waals surface area contributed by atoms with Gasteiger partial charge in [0.2, 0.25) is 0 Å². The van der Waals surface area contributed by atoms with Crippen molar-refractivity contribution >= 4 is 5.78 Å². The standard InChI is InChI=1S/C10H16O/c1-6-4-7-9(8(11)5-6)10(7,2)3/h6-7,9H,4-5H2,1-3H3/t6-,7+,9+/m1/s1. The number of rotatable bonds is 0. The Morgan fingerprint density at radius 3 is 2.64 bits per heavy atom. The molecule has 0 spiro atoms. The van der Waals surface area contributed by atoms with Gasteiger partial charge in [-0.05, 0) is 23.7 Å². The highest BCUT2D eigenvalue weighted by Gasteiger charge is 2.62. The molecule has 0 radical (unpaired) electrons. The van der Waals surface area contributed by atoms with Gasteiger partial charge in [-0.25, -0.2) is 0 Å². The first kappa shape index (κ1) is 7.33. The first-order valence-electron chi connectivity index (χ1n) is 4.56. The third-order valence-corrected chi connectivity index (χ3v) is 3.60. The Balaban J connectivity index is 2.17. The summed E-state index contributed by atoms with van der Waals surface area (Å²) in [5, 5.41) is 0. The Kier molecular flexibility index (Phi) is 1.25. The van der Waals surface area contributed by atoms with Gasteiger partial charge >= 0.3 is 0 Å². The van der Waals surface area contributed by atoms with Crippen molar-refractivity contribution in [3.63, 3.8) is 0 Å². The fraction of sp³-hybridized carbons (Fsp3) is 0.900. The molecule has 0 aliphatic heterocycles. The van der Waals surface area contributed by atoms with E-state index in [-0.39, 0.29) is 0 Å². The van der Waals surface area contributed by atoms with Crippen LogP contribution in [0, 0.1) is 23.2 Å². The van der Waals surface area contributed by atoms with Crippen molar-refractivity contribution < 1.29 is 4.79 Å². The molecule has 0 bridgehead atoms. The first-order valence-corrected chi connectivity index (χ1v) is 4.56. The summed E-state index contributed by atoms with van der Waals surface area (Å²) < 4.78 is 0. The second-order valence-electron chi connectivity index (χ2n) is 4.92. The Labute approximate surface area is 68.2 Å². The summed E-state index contributed by atoms with van der Waals surface area (Å²) in [6.07, 6.45) is 2.12. The highest BCUT2D eigenvalue weighted by Crippen LogP contribution is 2.64. The molecule has 0 aromatic heterocycles. The molecule has 0 unspecified atom stereocenters. The number of hydrogen-bond acceptors (Lipinski definition) is 1. The average Bonchev–Trinajstić information content (AvgIpc) is 2.34. The molecule has 0 heterocycles. The maximum atomic E-state index is 11.5. The predicted molar refractivity (Wildman–Crippen MR) is 44.2 cm³/mol. The van der Waals surface area contributed by atoms with Gasteiger partial charge in [-0.15, -0.1) is 0 Å². The molecule has 62 valence electrons. The zero-order chi connectivity index (χ0) is 8.22. The maximum Gasteiger partial charge on any atom is 0.137 e. The fourth-order valence-electron chi connectivity index (χ4n) is 2.81. The number of carbonyl (C=O) groups is 1. The molecule has 0 aromatic rings. The Bertz CT molecular complexity index is 205. The van der Waals surface area contributed by atoms with Gasteiger partial charge in [0, 0.05) is 12.3 Å². The molecule has 0 N–H and O–H groups in total. The van der Waals surface area contributed by atoms with Crippen LogP contribution in [0.15, 0.2) is 0 Å². The van der Waals surface area contributed by atoms with E-state index in [1.807, 2.05) is 0 Å². The Morgan fingerprint density at radius 1 is 1.45 bits per heavy atom. The van der Waals surface area contributed by atoms with E-state index in [4.69, 9.17) is 0 Å². The van der Waals surface area contributed by atoms with E-state index in [0.29, 0.717) is 23.0 Å². The van der Waals surface area contributed by atoms with E-state index in [1.54, 1.807) is 0 Å². The van der Waals surface area contributed by atoms with Crippen molar-refractivity contribution in [2.75, 3.05) is 0 Å². The number of Topliss-reactive ketones (excluding diaryl/α,β-unsaturated/α-hetero) is 1. The molecule has 2 fully saturated rings. The monoisotopic (exact) mass is 152 g/mol. The second kappa shape index (κ2) is 1.88. The molecule has 2 aliphatic carbocycles. The molecule has 11 heavy (non-hydrogen) atoms. The summed E-state index contributed by atoms with van der Waals surface area (Å²) in [7, 11) is 0. The predicted octanol–water partition coefficient (Wildman–Crippen LogP) is 2.26. The van der Waals surface area contributed by atoms with Crippen LogP contribution in [0.25, 0.3) is 0 Å². The summed E-state index contributed by atoms with van der Waals surface area (Å²) in [6, 6.07) is 0. The van der Waals surface area contributed by atoms with Gasteiger partial charge in [0.05, 0.1) is 0 Å². The molecule has 2 saturated carbocycles. The smallest absolute Gasteiger partial charge is 0.137 e. The lowest BCUT2D eigenvalue weighted by Gasteiger charge is -2.14. The van der Waals surface area contributed by atoms with Crippen molar-refractivity contribution in [1.29, 1.82) is 0 Å². The van der Waals surface area contributed by atoms with Crippen molar-refractivity contribution in [2.24, 2.45) is 23.2 Å². The van der Waals surface area contributed by atoms with E-state index in [1.165, 1.54) is 6.42 Å². The van der Waals surface area contributed by atoms with Gasteiger partial charge in [0.1, 0.15) is 5.78 Å². The van der Waals surface area contributed by atoms with Gasteiger partial charge in [0.15, 0.2) is 0 Å². The lowest BCUT2D eigenvalue weighted by atomic mass is 9.90. The SMILES string of the molecule is C[C@H]1CC(=O)[C@@H]2[C@H](C1)C2(C)C. The Morgan fingerprint density at radius 2 is 2.09 bits per heavy atom. The van der Waals surface area contributed by atoms with Crippen LogP contribution in [-0.2, 0) is 4.79 Å². The van der Waals surface area contributed by atoms with Crippen molar-refractivity contribution in [3.05, 3.63) is 0 Å². The number of hydrogen-bond donors (Lipinski definition) is 0. The molecule has 1 heteroatoms. The minimum Gasteiger partial charge on any atom is -0.299 e. The normalized spacial score (nSPS) is 46.8. The minimum atomic E-state index is 0.349. The highest BCUT2D eigenvalue weighted by molar-refractivity contribution is 5.86. The second-order valence-corrected chi connectivity index (χ2v) is 4.92. The topological polar surface area (TPSA) is 17.1 Å². The summed E-state index contributed by atoms with van der Waals surface area (Å²) in [4.78, 5) is 11.5. The molecule has 2 aliphatic rings. The first-order chi connectivity index (χ1) is 5.03. The lowest BCUT2D eigenvalue weighted by molar-refractivity contribution is -0.122. The van der Waals surface area contributed by atoms with Crippen LogP contribution in [0.5, 0.6) is 0 Å². The molecule has 0 aromatic carbocycles. The lowest BCUT2D eigenvalue weighted by Crippen LogP contribution is -2.15. The van der Waals surface area contributed by atoms with E-state index in [2.05, 4.69) is 20.8 Å². The zero-order valence-corrected chi connectivity index (χ0v) is 7.55. The molecule has 0 saturated heterocycles. The molecule has 0 amide bonds. The van der Waals surface area contributed by atoms with Gasteiger partial charge in [-0.1, -0.05) is 20.8 Å². The molecule has 1 nitrogen and oxygen atoms in total. The van der Waals surface area contributed by atoms with Gasteiger partial charge < -0.3 is 0 Å². The third kappa shape index (κ3) is 0.863. The average molecular weight is 152 g/mol. The van der Waals surface area contributed by atoms with E-state index >= 15 is 0 Å². The van der Waals surface area contributed by atoms with Crippen LogP contribution in [-0.4, -0.2) is 5.78 Å². The van der Waals surface area contributed by atoms with Crippen LogP contribution in [0.4, 0.5) is 0 Å². The van der Waals surface area contributed by atoms with E-state index in [0.717, 1.165) is 12.3 Å². The van der Waals surface area contributed by atoms with Gasteiger partial charge in [-0.3, -0.25) is 4.79 Å². The van der Waals surface area contributed by atoms with Gasteiger partial charge in [0.25, 0.3) is 0 Å². The van der Waals surface area contributed by atoms with Gasteiger partial charge in [-0.2, -0.15) is 0 Å². The van der Waals surface area contributed by atoms with Crippen LogP contribution < -0.4 is 0 Å². The maximum absolute atomic E-state index is 11.5. The van der Waals surface area contributed by atoms with Crippen molar-refractivity contribution in [1.82, 2.24) is 0 Å². The summed E-state index contributed by atoms with van der Waals surface area (Å²) >= 11 is 0. The number of fused-ring (bicyclic) bond motifs is 1. The van der Waals surface area contributed by atoms with Crippen LogP contribution in [0.3, 0.4) is 0 Å². The Hall–Kier alpha value is -0.330. The highest BCUT2D eigenvalue weighted by atomic mass is 16.1. The van der Waals surface area contributed by atoms with Crippen LogP contribution >= 0.6 is 0 Å². The number of carbonyl (C=O) groups excluding carboxylic acids is 1. The quantitative estimate of drug-likeness (QED) is 0.520. The van der Waals surface area contributed by atoms with E-state index < -0.39 is 0 Å². The summed E-state index contributed by atoms with van der Waals surface area (Å²) in [6.45, 7) is 6.67. The summed E-state index contributed by atoms with van der Waals surface area (Å²) in [5.41, 5.74) is 0.349. The van der Waals surface area contributed by atoms with Crippen molar-refractivity contribution in [2.45, 2.75) is 33.6 Å². The minimum absolute atomic E-state index is 0.349. The van der Waals surface area contributed by atoms with E-state index in [9.17, 15) is 4.79 Å². The fourth-order valence-corrected chi connectivity index (χ4v) is 2.81. The van der Waals surface area contributed by atoms with Crippen LogP contribution in [0.1, 0.15) is 33.6 Å². The van der Waals surface area contributed by atoms with Crippen molar-refractivity contribution in [3.8, 4) is 0 Å². The summed E-state index contributed by atoms with van der Waals surface area (Å²) in [5.74, 6) is 2.32. The molecule has 3 atom stereocenters. The molecular weight excluding hydrogens is 136 g/mol. The molecular formula is C10H16O. The molecule has 2 rings (SSSR count). The largest absolute Gasteiger partial charge is 0.299 e. The zero-order valence-electron chi connectivity index (χ0n) is 7.55. The number of ketones is 1.